The predicted octanol–water partition coefficient (Wildman–Crippen LogP) is 1.47. The highest BCUT2D eigenvalue weighted by molar-refractivity contribution is 6.05. The lowest BCUT2D eigenvalue weighted by atomic mass is 9.97. The molecule has 3 amide bonds. The number of amides is 3. The molecule has 2 aliphatic heterocycles. The Morgan fingerprint density at radius 1 is 1.23 bits per heavy atom. The maximum atomic E-state index is 12.0. The number of nitrogens with zero attached hydrogens (tertiary/aromatic N) is 4. The fourth-order valence-electron chi connectivity index (χ4n) is 3.37. The van der Waals surface area contributed by atoms with Gasteiger partial charge in [-0.2, -0.15) is 0 Å². The Hall–Kier alpha value is -2.85. The van der Waals surface area contributed by atoms with E-state index in [1.54, 1.807) is 6.20 Å². The summed E-state index contributed by atoms with van der Waals surface area (Å²) in [5.74, 6) is 7.50. The van der Waals surface area contributed by atoms with Crippen molar-refractivity contribution in [3.63, 3.8) is 0 Å². The van der Waals surface area contributed by atoms with E-state index in [1.165, 1.54) is 4.90 Å². The molecular formula is C19H21N5O2. The SMILES string of the molecule is CN1CCC(C#Cc2ccn3c(N4CCC(=O)NC4=O)cnc3c2)CC1. The molecule has 0 atom stereocenters. The van der Waals surface area contributed by atoms with Gasteiger partial charge in [-0.25, -0.2) is 9.78 Å². The van der Waals surface area contributed by atoms with Crippen LogP contribution in [0.3, 0.4) is 0 Å². The van der Waals surface area contributed by atoms with E-state index in [9.17, 15) is 9.59 Å². The van der Waals surface area contributed by atoms with Gasteiger partial charge in [0.2, 0.25) is 5.91 Å². The normalized spacial score (nSPS) is 19.3. The molecule has 2 aliphatic rings. The van der Waals surface area contributed by atoms with Crippen molar-refractivity contribution in [3.8, 4) is 11.8 Å². The van der Waals surface area contributed by atoms with Gasteiger partial charge in [-0.1, -0.05) is 11.8 Å². The molecule has 0 unspecified atom stereocenters. The lowest BCUT2D eigenvalue weighted by Gasteiger charge is -2.25. The number of imidazole rings is 1. The third-order valence-corrected chi connectivity index (χ3v) is 4.96. The number of likely N-dealkylation sites (tertiary alicyclic amines) is 1. The van der Waals surface area contributed by atoms with Gasteiger partial charge in [-0.05, 0) is 45.1 Å². The largest absolute Gasteiger partial charge is 0.329 e. The minimum Gasteiger partial charge on any atom is -0.306 e. The summed E-state index contributed by atoms with van der Waals surface area (Å²) < 4.78 is 1.84. The second kappa shape index (κ2) is 6.81. The second-order valence-electron chi connectivity index (χ2n) is 6.86. The summed E-state index contributed by atoms with van der Waals surface area (Å²) in [5.41, 5.74) is 1.66. The number of imide groups is 1. The highest BCUT2D eigenvalue weighted by atomic mass is 16.2. The fraction of sp³-hybridized carbons (Fsp3) is 0.421. The van der Waals surface area contributed by atoms with Crippen molar-refractivity contribution in [3.05, 3.63) is 30.1 Å². The average molecular weight is 351 g/mol. The summed E-state index contributed by atoms with van der Waals surface area (Å²) in [5, 5.41) is 2.33. The molecule has 2 aromatic heterocycles. The van der Waals surface area contributed by atoms with Crippen molar-refractivity contribution in [1.29, 1.82) is 0 Å². The van der Waals surface area contributed by atoms with E-state index >= 15 is 0 Å². The zero-order valence-corrected chi connectivity index (χ0v) is 14.7. The number of hydrogen-bond acceptors (Lipinski definition) is 4. The monoisotopic (exact) mass is 351 g/mol. The minimum absolute atomic E-state index is 0.244. The number of hydrogen-bond donors (Lipinski definition) is 1. The average Bonchev–Trinajstić information content (AvgIpc) is 3.04. The van der Waals surface area contributed by atoms with Crippen molar-refractivity contribution in [2.75, 3.05) is 31.6 Å². The first-order valence-electron chi connectivity index (χ1n) is 8.89. The van der Waals surface area contributed by atoms with Gasteiger partial charge in [0.25, 0.3) is 0 Å². The Morgan fingerprint density at radius 3 is 2.81 bits per heavy atom. The van der Waals surface area contributed by atoms with E-state index in [-0.39, 0.29) is 5.91 Å². The molecule has 0 bridgehead atoms. The zero-order chi connectivity index (χ0) is 18.1. The Bertz CT molecular complexity index is 915. The van der Waals surface area contributed by atoms with Gasteiger partial charge in [0.15, 0.2) is 0 Å². The molecule has 26 heavy (non-hydrogen) atoms. The molecule has 4 heterocycles. The van der Waals surface area contributed by atoms with Crippen LogP contribution in [0.15, 0.2) is 24.5 Å². The Balaban J connectivity index is 1.54. The van der Waals surface area contributed by atoms with Gasteiger partial charge in [0.05, 0.1) is 6.20 Å². The van der Waals surface area contributed by atoms with E-state index in [0.29, 0.717) is 24.7 Å². The van der Waals surface area contributed by atoms with Crippen molar-refractivity contribution >= 4 is 23.4 Å². The van der Waals surface area contributed by atoms with Crippen LogP contribution < -0.4 is 10.2 Å². The van der Waals surface area contributed by atoms with Gasteiger partial charge in [0, 0.05) is 30.6 Å². The molecule has 134 valence electrons. The minimum atomic E-state index is -0.408. The van der Waals surface area contributed by atoms with Crippen LogP contribution in [0.2, 0.25) is 0 Å². The summed E-state index contributed by atoms with van der Waals surface area (Å²) in [7, 11) is 2.14. The summed E-state index contributed by atoms with van der Waals surface area (Å²) >= 11 is 0. The van der Waals surface area contributed by atoms with Crippen LogP contribution in [-0.4, -0.2) is 52.9 Å². The molecule has 4 rings (SSSR count). The summed E-state index contributed by atoms with van der Waals surface area (Å²) in [6, 6.07) is 3.46. The lowest BCUT2D eigenvalue weighted by molar-refractivity contribution is -0.120. The number of aromatic nitrogens is 2. The fourth-order valence-corrected chi connectivity index (χ4v) is 3.37. The number of nitrogens with one attached hydrogen (secondary N) is 1. The molecule has 0 aliphatic carbocycles. The van der Waals surface area contributed by atoms with Gasteiger partial charge in [0.1, 0.15) is 11.5 Å². The number of rotatable bonds is 1. The highest BCUT2D eigenvalue weighted by Gasteiger charge is 2.26. The van der Waals surface area contributed by atoms with Gasteiger partial charge >= 0.3 is 6.03 Å². The Kier molecular flexibility index (Phi) is 4.35. The number of fused-ring (bicyclic) bond motifs is 1. The molecule has 0 spiro atoms. The number of anilines is 1. The number of piperidine rings is 1. The summed E-state index contributed by atoms with van der Waals surface area (Å²) in [6.45, 7) is 2.56. The molecule has 2 saturated heterocycles. The van der Waals surface area contributed by atoms with E-state index in [4.69, 9.17) is 0 Å². The first-order chi connectivity index (χ1) is 12.6. The quantitative estimate of drug-likeness (QED) is 0.790. The Morgan fingerprint density at radius 2 is 2.04 bits per heavy atom. The maximum absolute atomic E-state index is 12.0. The standard InChI is InChI=1S/C19H21N5O2/c1-22-8-4-14(5-9-22)2-3-15-6-10-23-16(12-15)20-13-18(23)24-11-7-17(25)21-19(24)26/h6,10,12-14H,4-5,7-9,11H2,1H3,(H,21,25,26). The molecule has 2 fully saturated rings. The van der Waals surface area contributed by atoms with E-state index in [2.05, 4.69) is 34.1 Å². The van der Waals surface area contributed by atoms with Crippen molar-refractivity contribution < 1.29 is 9.59 Å². The Labute approximate surface area is 152 Å². The highest BCUT2D eigenvalue weighted by Crippen LogP contribution is 2.20. The number of pyridine rings is 1. The van der Waals surface area contributed by atoms with Crippen LogP contribution in [-0.2, 0) is 4.79 Å². The third-order valence-electron chi connectivity index (χ3n) is 4.96. The van der Waals surface area contributed by atoms with Crippen LogP contribution in [0, 0.1) is 17.8 Å². The van der Waals surface area contributed by atoms with Crippen molar-refractivity contribution in [2.45, 2.75) is 19.3 Å². The topological polar surface area (TPSA) is 70.0 Å². The van der Waals surface area contributed by atoms with Crippen LogP contribution in [0.25, 0.3) is 5.65 Å². The van der Waals surface area contributed by atoms with Gasteiger partial charge < -0.3 is 4.90 Å². The van der Waals surface area contributed by atoms with Gasteiger partial charge in [-0.15, -0.1) is 0 Å². The molecule has 2 aromatic rings. The number of carbonyl (C=O) groups excluding carboxylic acids is 2. The van der Waals surface area contributed by atoms with E-state index in [0.717, 1.165) is 37.1 Å². The molecular weight excluding hydrogens is 330 g/mol. The van der Waals surface area contributed by atoms with Crippen molar-refractivity contribution in [1.82, 2.24) is 19.6 Å². The zero-order valence-electron chi connectivity index (χ0n) is 14.7. The number of urea groups is 1. The summed E-state index contributed by atoms with van der Waals surface area (Å²) in [6.07, 6.45) is 6.04. The summed E-state index contributed by atoms with van der Waals surface area (Å²) in [4.78, 5) is 31.6. The third kappa shape index (κ3) is 3.28. The first-order valence-corrected chi connectivity index (χ1v) is 8.89. The molecule has 7 nitrogen and oxygen atoms in total. The second-order valence-corrected chi connectivity index (χ2v) is 6.86. The van der Waals surface area contributed by atoms with Crippen LogP contribution in [0.1, 0.15) is 24.8 Å². The van der Waals surface area contributed by atoms with Crippen LogP contribution in [0.5, 0.6) is 0 Å². The molecule has 1 N–H and O–H groups in total. The van der Waals surface area contributed by atoms with E-state index < -0.39 is 6.03 Å². The maximum Gasteiger partial charge on any atom is 0.329 e. The van der Waals surface area contributed by atoms with Gasteiger partial charge in [-0.3, -0.25) is 19.4 Å². The lowest BCUT2D eigenvalue weighted by Crippen LogP contribution is -2.50. The van der Waals surface area contributed by atoms with Crippen molar-refractivity contribution in [2.24, 2.45) is 5.92 Å². The molecule has 0 saturated carbocycles. The predicted molar refractivity (Wildman–Crippen MR) is 97.8 cm³/mol. The smallest absolute Gasteiger partial charge is 0.306 e. The van der Waals surface area contributed by atoms with Crippen LogP contribution in [0.4, 0.5) is 10.6 Å². The molecule has 0 radical (unpaired) electrons. The van der Waals surface area contributed by atoms with E-state index in [1.807, 2.05) is 22.7 Å². The first kappa shape index (κ1) is 16.6. The van der Waals surface area contributed by atoms with Crippen LogP contribution >= 0.6 is 0 Å². The number of carbonyl (C=O) groups is 2. The molecule has 0 aromatic carbocycles. The molecule has 7 heteroatoms.